The maximum absolute atomic E-state index is 8.91. The van der Waals surface area contributed by atoms with Gasteiger partial charge in [0.2, 0.25) is 0 Å². The van der Waals surface area contributed by atoms with E-state index in [4.69, 9.17) is 5.26 Å². The lowest BCUT2D eigenvalue weighted by molar-refractivity contribution is 0.734. The van der Waals surface area contributed by atoms with E-state index in [-0.39, 0.29) is 11.3 Å². The Morgan fingerprint density at radius 2 is 2.14 bits per heavy atom. The molecule has 1 saturated carbocycles. The van der Waals surface area contributed by atoms with E-state index in [1.807, 2.05) is 0 Å². The summed E-state index contributed by atoms with van der Waals surface area (Å²) in [4.78, 5) is 0. The first-order valence-corrected chi connectivity index (χ1v) is 5.05. The largest absolute Gasteiger partial charge is 0.198 e. The van der Waals surface area contributed by atoms with E-state index in [1.165, 1.54) is 16.7 Å². The van der Waals surface area contributed by atoms with Crippen LogP contribution >= 0.6 is 0 Å². The first kappa shape index (κ1) is 9.27. The van der Waals surface area contributed by atoms with Crippen molar-refractivity contribution in [2.24, 2.45) is 5.92 Å². The molecule has 0 aromatic heterocycles. The SMILES string of the molecule is Cc1ccc(C)c(C2(C)CC2C#N)c1. The van der Waals surface area contributed by atoms with Gasteiger partial charge in [-0.1, -0.05) is 30.7 Å². The molecule has 0 bridgehead atoms. The number of aryl methyl sites for hydroxylation is 2. The fraction of sp³-hybridized carbons (Fsp3) is 0.462. The Labute approximate surface area is 85.4 Å². The molecule has 0 radical (unpaired) electrons. The summed E-state index contributed by atoms with van der Waals surface area (Å²) in [7, 11) is 0. The third-order valence-corrected chi connectivity index (χ3v) is 3.40. The van der Waals surface area contributed by atoms with E-state index in [0.717, 1.165) is 6.42 Å². The minimum absolute atomic E-state index is 0.130. The number of nitrogens with zero attached hydrogens (tertiary/aromatic N) is 1. The normalized spacial score (nSPS) is 29.7. The Hall–Kier alpha value is -1.29. The van der Waals surface area contributed by atoms with Gasteiger partial charge in [-0.3, -0.25) is 0 Å². The molecule has 0 N–H and O–H groups in total. The summed E-state index contributed by atoms with van der Waals surface area (Å²) in [5.74, 6) is 0.225. The zero-order valence-corrected chi connectivity index (χ0v) is 8.96. The molecular formula is C13H15N. The van der Waals surface area contributed by atoms with Gasteiger partial charge in [0.25, 0.3) is 0 Å². The molecule has 2 unspecified atom stereocenters. The van der Waals surface area contributed by atoms with Gasteiger partial charge in [-0.25, -0.2) is 0 Å². The minimum Gasteiger partial charge on any atom is -0.198 e. The van der Waals surface area contributed by atoms with Crippen molar-refractivity contribution < 1.29 is 0 Å². The summed E-state index contributed by atoms with van der Waals surface area (Å²) in [6.07, 6.45) is 1.02. The van der Waals surface area contributed by atoms with Crippen LogP contribution in [0, 0.1) is 31.1 Å². The van der Waals surface area contributed by atoms with Gasteiger partial charge in [0.05, 0.1) is 12.0 Å². The highest BCUT2D eigenvalue weighted by atomic mass is 14.5. The summed E-state index contributed by atoms with van der Waals surface area (Å²) in [5.41, 5.74) is 4.10. The summed E-state index contributed by atoms with van der Waals surface area (Å²) in [6.45, 7) is 6.44. The molecule has 0 amide bonds. The van der Waals surface area contributed by atoms with Gasteiger partial charge < -0.3 is 0 Å². The molecule has 1 aliphatic rings. The predicted molar refractivity (Wildman–Crippen MR) is 57.0 cm³/mol. The first-order chi connectivity index (χ1) is 6.58. The number of benzene rings is 1. The molecule has 72 valence electrons. The standard InChI is InChI=1S/C13H15N/c1-9-4-5-10(2)12(6-9)13(3)7-11(13)8-14/h4-6,11H,7H2,1-3H3. The fourth-order valence-electron chi connectivity index (χ4n) is 2.20. The minimum atomic E-state index is 0.130. The molecule has 0 aliphatic heterocycles. The molecule has 1 heteroatoms. The fourth-order valence-corrected chi connectivity index (χ4v) is 2.20. The van der Waals surface area contributed by atoms with Crippen LogP contribution in [0.2, 0.25) is 0 Å². The topological polar surface area (TPSA) is 23.8 Å². The zero-order chi connectivity index (χ0) is 10.3. The predicted octanol–water partition coefficient (Wildman–Crippen LogP) is 3.10. The molecule has 2 atom stereocenters. The van der Waals surface area contributed by atoms with E-state index in [9.17, 15) is 0 Å². The quantitative estimate of drug-likeness (QED) is 0.659. The van der Waals surface area contributed by atoms with Gasteiger partial charge in [0, 0.05) is 5.41 Å². The van der Waals surface area contributed by atoms with Gasteiger partial charge in [0.1, 0.15) is 0 Å². The number of nitriles is 1. The monoisotopic (exact) mass is 185 g/mol. The van der Waals surface area contributed by atoms with Crippen molar-refractivity contribution in [2.45, 2.75) is 32.6 Å². The van der Waals surface area contributed by atoms with Crippen molar-refractivity contribution in [1.82, 2.24) is 0 Å². The van der Waals surface area contributed by atoms with E-state index in [0.29, 0.717) is 0 Å². The highest BCUT2D eigenvalue weighted by molar-refractivity contribution is 5.43. The first-order valence-electron chi connectivity index (χ1n) is 5.05. The maximum Gasteiger partial charge on any atom is 0.0665 e. The van der Waals surface area contributed by atoms with Crippen LogP contribution in [0.15, 0.2) is 18.2 Å². The van der Waals surface area contributed by atoms with Crippen molar-refractivity contribution in [3.63, 3.8) is 0 Å². The molecule has 1 aliphatic carbocycles. The Morgan fingerprint density at radius 1 is 1.43 bits per heavy atom. The average molecular weight is 185 g/mol. The second kappa shape index (κ2) is 2.85. The third-order valence-electron chi connectivity index (χ3n) is 3.40. The van der Waals surface area contributed by atoms with Crippen LogP contribution in [-0.4, -0.2) is 0 Å². The van der Waals surface area contributed by atoms with E-state index >= 15 is 0 Å². The molecular weight excluding hydrogens is 170 g/mol. The van der Waals surface area contributed by atoms with Crippen molar-refractivity contribution in [3.8, 4) is 6.07 Å². The third kappa shape index (κ3) is 1.23. The van der Waals surface area contributed by atoms with Crippen molar-refractivity contribution in [1.29, 1.82) is 5.26 Å². The average Bonchev–Trinajstić information content (AvgIpc) is 2.83. The lowest BCUT2D eigenvalue weighted by atomic mass is 9.90. The van der Waals surface area contributed by atoms with Crippen LogP contribution in [0.5, 0.6) is 0 Å². The van der Waals surface area contributed by atoms with E-state index in [1.54, 1.807) is 0 Å². The Balaban J connectivity index is 2.44. The summed E-state index contributed by atoms with van der Waals surface area (Å²) < 4.78 is 0. The Kier molecular flexibility index (Phi) is 1.89. The van der Waals surface area contributed by atoms with E-state index in [2.05, 4.69) is 45.0 Å². The summed E-state index contributed by atoms with van der Waals surface area (Å²) in [6, 6.07) is 8.89. The molecule has 14 heavy (non-hydrogen) atoms. The summed E-state index contributed by atoms with van der Waals surface area (Å²) in [5, 5.41) is 8.91. The molecule has 0 spiro atoms. The second-order valence-corrected chi connectivity index (χ2v) is 4.62. The van der Waals surface area contributed by atoms with Crippen LogP contribution in [0.1, 0.15) is 30.0 Å². The smallest absolute Gasteiger partial charge is 0.0665 e. The highest BCUT2D eigenvalue weighted by Crippen LogP contribution is 2.54. The number of rotatable bonds is 1. The lowest BCUT2D eigenvalue weighted by Crippen LogP contribution is -2.06. The molecule has 1 nitrogen and oxygen atoms in total. The van der Waals surface area contributed by atoms with Crippen molar-refractivity contribution in [2.75, 3.05) is 0 Å². The number of hydrogen-bond donors (Lipinski definition) is 0. The van der Waals surface area contributed by atoms with E-state index < -0.39 is 0 Å². The van der Waals surface area contributed by atoms with Crippen LogP contribution < -0.4 is 0 Å². The summed E-state index contributed by atoms with van der Waals surface area (Å²) >= 11 is 0. The van der Waals surface area contributed by atoms with Crippen LogP contribution in [0.25, 0.3) is 0 Å². The molecule has 1 aromatic rings. The second-order valence-electron chi connectivity index (χ2n) is 4.62. The van der Waals surface area contributed by atoms with Crippen LogP contribution in [0.3, 0.4) is 0 Å². The lowest BCUT2D eigenvalue weighted by Gasteiger charge is -2.13. The molecule has 0 heterocycles. The van der Waals surface area contributed by atoms with Gasteiger partial charge in [-0.2, -0.15) is 5.26 Å². The molecule has 1 fully saturated rings. The van der Waals surface area contributed by atoms with Gasteiger partial charge in [0.15, 0.2) is 0 Å². The van der Waals surface area contributed by atoms with Crippen molar-refractivity contribution >= 4 is 0 Å². The van der Waals surface area contributed by atoms with Gasteiger partial charge >= 0.3 is 0 Å². The van der Waals surface area contributed by atoms with Crippen LogP contribution in [-0.2, 0) is 5.41 Å². The van der Waals surface area contributed by atoms with Crippen molar-refractivity contribution in [3.05, 3.63) is 34.9 Å². The number of hydrogen-bond acceptors (Lipinski definition) is 1. The van der Waals surface area contributed by atoms with Crippen LogP contribution in [0.4, 0.5) is 0 Å². The molecule has 1 aromatic carbocycles. The Morgan fingerprint density at radius 3 is 2.71 bits per heavy atom. The maximum atomic E-state index is 8.91. The highest BCUT2D eigenvalue weighted by Gasteiger charge is 2.52. The molecule has 0 saturated heterocycles. The van der Waals surface area contributed by atoms with Gasteiger partial charge in [-0.05, 0) is 31.4 Å². The Bertz CT molecular complexity index is 414. The molecule has 2 rings (SSSR count). The zero-order valence-electron chi connectivity index (χ0n) is 8.96. The van der Waals surface area contributed by atoms with Gasteiger partial charge in [-0.15, -0.1) is 0 Å².